The Morgan fingerprint density at radius 3 is 2.55 bits per heavy atom. The van der Waals surface area contributed by atoms with Crippen molar-refractivity contribution >= 4 is 11.9 Å². The molecule has 0 amide bonds. The van der Waals surface area contributed by atoms with Gasteiger partial charge in [-0.1, -0.05) is 26.0 Å². The number of carbonyl (C=O) groups is 1. The molecule has 22 heavy (non-hydrogen) atoms. The Kier molecular flexibility index (Phi) is 3.37. The second kappa shape index (κ2) is 4.79. The van der Waals surface area contributed by atoms with Crippen LogP contribution in [0.4, 0.5) is 0 Å². The molecule has 2 aliphatic carbocycles. The zero-order valence-corrected chi connectivity index (χ0v) is 14.3. The monoisotopic (exact) mass is 298 g/mol. The molecular weight excluding hydrogens is 272 g/mol. The van der Waals surface area contributed by atoms with Gasteiger partial charge in [0.25, 0.3) is 0 Å². The lowest BCUT2D eigenvalue weighted by atomic mass is 9.59. The van der Waals surface area contributed by atoms with Crippen LogP contribution in [0.25, 0.3) is 6.08 Å². The number of aliphatic hydroxyl groups is 1. The van der Waals surface area contributed by atoms with Crippen LogP contribution in [0.1, 0.15) is 62.8 Å². The Labute approximate surface area is 133 Å². The number of rotatable bonds is 1. The maximum Gasteiger partial charge on any atom is 0.172 e. The van der Waals surface area contributed by atoms with Crippen molar-refractivity contribution in [1.29, 1.82) is 0 Å². The molecule has 0 radical (unpaired) electrons. The lowest BCUT2D eigenvalue weighted by Gasteiger charge is -2.45. The molecule has 1 aromatic rings. The minimum Gasteiger partial charge on any atom is -0.389 e. The van der Waals surface area contributed by atoms with Gasteiger partial charge >= 0.3 is 0 Å². The average molecular weight is 298 g/mol. The van der Waals surface area contributed by atoms with Gasteiger partial charge in [-0.3, -0.25) is 4.79 Å². The fourth-order valence-electron chi connectivity index (χ4n) is 4.24. The van der Waals surface area contributed by atoms with Gasteiger partial charge in [0.1, 0.15) is 0 Å². The van der Waals surface area contributed by atoms with E-state index in [0.717, 1.165) is 29.5 Å². The molecule has 0 aliphatic heterocycles. The highest BCUT2D eigenvalue weighted by Crippen LogP contribution is 2.50. The lowest BCUT2D eigenvalue weighted by Crippen LogP contribution is -2.55. The van der Waals surface area contributed by atoms with Crippen molar-refractivity contribution in [2.45, 2.75) is 64.9 Å². The number of aryl methyl sites for hydroxylation is 1. The molecule has 0 fully saturated rings. The molecule has 3 rings (SSSR count). The summed E-state index contributed by atoms with van der Waals surface area (Å²) in [5.74, 6) is 0.273. The predicted molar refractivity (Wildman–Crippen MR) is 89.9 cm³/mol. The van der Waals surface area contributed by atoms with Crippen LogP contribution in [-0.2, 0) is 16.6 Å². The maximum absolute atomic E-state index is 13.3. The fraction of sp³-hybridized carbons (Fsp3) is 0.550. The van der Waals surface area contributed by atoms with Crippen molar-refractivity contribution in [1.82, 2.24) is 0 Å². The van der Waals surface area contributed by atoms with Gasteiger partial charge in [0.05, 0.1) is 11.0 Å². The minimum absolute atomic E-state index is 0.105. The predicted octanol–water partition coefficient (Wildman–Crippen LogP) is 3.96. The molecule has 0 saturated heterocycles. The van der Waals surface area contributed by atoms with Crippen molar-refractivity contribution in [2.75, 3.05) is 0 Å². The molecule has 2 heteroatoms. The zero-order valence-electron chi connectivity index (χ0n) is 14.3. The third kappa shape index (κ3) is 1.86. The molecule has 0 saturated carbocycles. The summed E-state index contributed by atoms with van der Waals surface area (Å²) in [6.07, 6.45) is 4.58. The molecule has 0 unspecified atom stereocenters. The normalized spacial score (nSPS) is 30.9. The molecule has 1 aromatic carbocycles. The highest BCUT2D eigenvalue weighted by atomic mass is 16.3. The number of ketones is 1. The van der Waals surface area contributed by atoms with Crippen molar-refractivity contribution in [2.24, 2.45) is 5.92 Å². The molecule has 2 aliphatic rings. The van der Waals surface area contributed by atoms with Crippen LogP contribution in [0, 0.1) is 12.8 Å². The number of Topliss-reactive ketones (excluding diaryl/α,β-unsaturated/α-hetero) is 1. The van der Waals surface area contributed by atoms with Crippen LogP contribution < -0.4 is 0 Å². The van der Waals surface area contributed by atoms with Gasteiger partial charge in [-0.25, -0.2) is 0 Å². The van der Waals surface area contributed by atoms with Gasteiger partial charge in [0.2, 0.25) is 0 Å². The first-order valence-corrected chi connectivity index (χ1v) is 8.32. The summed E-state index contributed by atoms with van der Waals surface area (Å²) in [6.45, 7) is 10.0. The van der Waals surface area contributed by atoms with Gasteiger partial charge in [0, 0.05) is 0 Å². The second-order valence-corrected chi connectivity index (χ2v) is 7.66. The molecular formula is C20H26O2. The Hall–Kier alpha value is -1.41. The number of benzene rings is 1. The first-order valence-electron chi connectivity index (χ1n) is 8.32. The third-order valence-corrected chi connectivity index (χ3v) is 5.90. The molecule has 1 N–H and O–H groups in total. The SMILES string of the molecule is Cc1ccc2c3c1CCC[C@](C)(O)[C@@]3(C)C(=O)C(C(C)C)=C2. The molecule has 0 aromatic heterocycles. The first-order chi connectivity index (χ1) is 10.2. The van der Waals surface area contributed by atoms with Gasteiger partial charge in [-0.05, 0) is 79.9 Å². The molecule has 2 nitrogen and oxygen atoms in total. The Balaban J connectivity index is 2.41. The number of hydrogen-bond donors (Lipinski definition) is 1. The van der Waals surface area contributed by atoms with Crippen molar-refractivity contribution in [3.63, 3.8) is 0 Å². The van der Waals surface area contributed by atoms with Crippen LogP contribution in [0.5, 0.6) is 0 Å². The Bertz CT molecular complexity index is 679. The Morgan fingerprint density at radius 1 is 1.23 bits per heavy atom. The summed E-state index contributed by atoms with van der Waals surface area (Å²) in [5, 5.41) is 11.2. The van der Waals surface area contributed by atoms with E-state index in [-0.39, 0.29) is 11.7 Å². The number of hydrogen-bond acceptors (Lipinski definition) is 2. The molecule has 0 spiro atoms. The summed E-state index contributed by atoms with van der Waals surface area (Å²) in [5.41, 5.74) is 3.69. The summed E-state index contributed by atoms with van der Waals surface area (Å²) >= 11 is 0. The van der Waals surface area contributed by atoms with E-state index in [1.807, 2.05) is 13.8 Å². The van der Waals surface area contributed by atoms with Crippen molar-refractivity contribution in [3.05, 3.63) is 40.0 Å². The van der Waals surface area contributed by atoms with Crippen LogP contribution in [-0.4, -0.2) is 16.5 Å². The van der Waals surface area contributed by atoms with E-state index in [2.05, 4.69) is 39.0 Å². The lowest BCUT2D eigenvalue weighted by molar-refractivity contribution is -0.131. The third-order valence-electron chi connectivity index (χ3n) is 5.90. The smallest absolute Gasteiger partial charge is 0.172 e. The summed E-state index contributed by atoms with van der Waals surface area (Å²) in [7, 11) is 0. The highest BCUT2D eigenvalue weighted by molar-refractivity contribution is 6.11. The topological polar surface area (TPSA) is 37.3 Å². The first kappa shape index (κ1) is 15.5. The molecule has 2 atom stereocenters. The number of carbonyl (C=O) groups excluding carboxylic acids is 1. The van der Waals surface area contributed by atoms with Crippen LogP contribution in [0.3, 0.4) is 0 Å². The van der Waals surface area contributed by atoms with Crippen molar-refractivity contribution < 1.29 is 9.90 Å². The van der Waals surface area contributed by atoms with Gasteiger partial charge < -0.3 is 5.11 Å². The summed E-state index contributed by atoms with van der Waals surface area (Å²) in [4.78, 5) is 13.3. The van der Waals surface area contributed by atoms with E-state index in [1.54, 1.807) is 0 Å². The largest absolute Gasteiger partial charge is 0.389 e. The van der Waals surface area contributed by atoms with Crippen LogP contribution >= 0.6 is 0 Å². The summed E-state index contributed by atoms with van der Waals surface area (Å²) < 4.78 is 0. The fourth-order valence-corrected chi connectivity index (χ4v) is 4.24. The van der Waals surface area contributed by atoms with Crippen LogP contribution in [0.2, 0.25) is 0 Å². The molecule has 0 heterocycles. The summed E-state index contributed by atoms with van der Waals surface area (Å²) in [6, 6.07) is 4.27. The minimum atomic E-state index is -1.01. The second-order valence-electron chi connectivity index (χ2n) is 7.66. The molecule has 0 bridgehead atoms. The van der Waals surface area contributed by atoms with Crippen molar-refractivity contribution in [3.8, 4) is 0 Å². The number of allylic oxidation sites excluding steroid dienone is 1. The average Bonchev–Trinajstić information content (AvgIpc) is 2.54. The van der Waals surface area contributed by atoms with E-state index < -0.39 is 11.0 Å². The highest BCUT2D eigenvalue weighted by Gasteiger charge is 2.55. The quantitative estimate of drug-likeness (QED) is 0.852. The maximum atomic E-state index is 13.3. The van der Waals surface area contributed by atoms with E-state index in [4.69, 9.17) is 0 Å². The Morgan fingerprint density at radius 2 is 1.91 bits per heavy atom. The van der Waals surface area contributed by atoms with Gasteiger partial charge in [-0.15, -0.1) is 0 Å². The van der Waals surface area contributed by atoms with E-state index in [1.165, 1.54) is 11.1 Å². The molecule has 118 valence electrons. The van der Waals surface area contributed by atoms with E-state index >= 15 is 0 Å². The van der Waals surface area contributed by atoms with Gasteiger partial charge in [0.15, 0.2) is 5.78 Å². The van der Waals surface area contributed by atoms with E-state index in [0.29, 0.717) is 6.42 Å². The van der Waals surface area contributed by atoms with Gasteiger partial charge in [-0.2, -0.15) is 0 Å². The van der Waals surface area contributed by atoms with Crippen LogP contribution in [0.15, 0.2) is 17.7 Å². The van der Waals surface area contributed by atoms with E-state index in [9.17, 15) is 9.90 Å². The zero-order chi connectivity index (χ0) is 16.3. The standard InChI is InChI=1S/C20H26O2/c1-12(2)16-11-14-9-8-13(3)15-7-6-10-19(4,22)20(5,17(14)15)18(16)21/h8-9,11-12,22H,6-7,10H2,1-5H3/t19-,20+/m0/s1.